The number of carbonyl (C=O) groups is 2. The van der Waals surface area contributed by atoms with E-state index >= 15 is 0 Å². The summed E-state index contributed by atoms with van der Waals surface area (Å²) in [6.07, 6.45) is 1.76. The highest BCUT2D eigenvalue weighted by molar-refractivity contribution is 6.31. The van der Waals surface area contributed by atoms with E-state index in [4.69, 9.17) is 11.6 Å². The molecule has 1 aliphatic heterocycles. The van der Waals surface area contributed by atoms with Crippen LogP contribution >= 0.6 is 11.6 Å². The Labute approximate surface area is 136 Å². The number of aryl methyl sites for hydroxylation is 1. The quantitative estimate of drug-likeness (QED) is 0.893. The second kappa shape index (κ2) is 7.61. The van der Waals surface area contributed by atoms with Crippen molar-refractivity contribution in [2.75, 3.05) is 25.0 Å². The van der Waals surface area contributed by atoms with Crippen LogP contribution in [0.3, 0.4) is 0 Å². The summed E-state index contributed by atoms with van der Waals surface area (Å²) < 4.78 is 0. The number of likely N-dealkylation sites (tertiary alicyclic amines) is 1. The number of rotatable bonds is 4. The zero-order valence-electron chi connectivity index (χ0n) is 13.0. The Bertz CT molecular complexity index is 554. The fourth-order valence-electron chi connectivity index (χ4n) is 2.64. The fourth-order valence-corrected chi connectivity index (χ4v) is 2.82. The van der Waals surface area contributed by atoms with Crippen LogP contribution in [0.5, 0.6) is 0 Å². The van der Waals surface area contributed by atoms with Gasteiger partial charge in [-0.1, -0.05) is 17.7 Å². The van der Waals surface area contributed by atoms with E-state index in [9.17, 15) is 9.59 Å². The lowest BCUT2D eigenvalue weighted by Crippen LogP contribution is -2.46. The number of hydrogen-bond acceptors (Lipinski definition) is 3. The molecule has 0 saturated carbocycles. The average Bonchev–Trinajstić information content (AvgIpc) is 2.44. The van der Waals surface area contributed by atoms with Gasteiger partial charge in [0.15, 0.2) is 0 Å². The molecule has 0 aliphatic carbocycles. The number of nitrogens with one attached hydrogen (secondary N) is 2. The van der Waals surface area contributed by atoms with Crippen LogP contribution < -0.4 is 10.6 Å². The second-order valence-corrected chi connectivity index (χ2v) is 6.19. The van der Waals surface area contributed by atoms with Crippen LogP contribution in [-0.2, 0) is 9.59 Å². The minimum Gasteiger partial charge on any atom is -0.354 e. The minimum absolute atomic E-state index is 0.00706. The van der Waals surface area contributed by atoms with Gasteiger partial charge in [0.25, 0.3) is 0 Å². The molecule has 1 aliphatic rings. The van der Waals surface area contributed by atoms with Crippen molar-refractivity contribution >= 4 is 29.1 Å². The van der Waals surface area contributed by atoms with Crippen molar-refractivity contribution in [1.29, 1.82) is 0 Å². The number of nitrogens with zero attached hydrogens (tertiary/aromatic N) is 1. The van der Waals surface area contributed by atoms with Crippen molar-refractivity contribution in [2.45, 2.75) is 32.7 Å². The van der Waals surface area contributed by atoms with Crippen molar-refractivity contribution < 1.29 is 9.59 Å². The molecule has 0 radical (unpaired) electrons. The van der Waals surface area contributed by atoms with Crippen LogP contribution in [0.4, 0.5) is 5.69 Å². The van der Waals surface area contributed by atoms with Crippen LogP contribution in [0, 0.1) is 6.92 Å². The van der Waals surface area contributed by atoms with Gasteiger partial charge in [-0.25, -0.2) is 0 Å². The second-order valence-electron chi connectivity index (χ2n) is 5.76. The van der Waals surface area contributed by atoms with Gasteiger partial charge >= 0.3 is 0 Å². The molecule has 0 aromatic heterocycles. The van der Waals surface area contributed by atoms with Crippen molar-refractivity contribution in [3.63, 3.8) is 0 Å². The standard InChI is InChI=1S/C16H22ClN3O2/c1-11-3-4-13(17)9-15(11)19-16(22)10-20-7-5-14(6-8-20)18-12(2)21/h3-4,9,14H,5-8,10H2,1-2H3,(H,18,21)(H,19,22). The topological polar surface area (TPSA) is 61.4 Å². The third-order valence-electron chi connectivity index (χ3n) is 3.84. The number of carbonyl (C=O) groups excluding carboxylic acids is 2. The molecular formula is C16H22ClN3O2. The molecule has 2 rings (SSSR count). The number of benzene rings is 1. The first-order valence-corrected chi connectivity index (χ1v) is 7.87. The van der Waals surface area contributed by atoms with Gasteiger partial charge in [0.2, 0.25) is 11.8 Å². The summed E-state index contributed by atoms with van der Waals surface area (Å²) in [7, 11) is 0. The zero-order chi connectivity index (χ0) is 16.1. The maximum atomic E-state index is 12.1. The van der Waals surface area contributed by atoms with E-state index in [1.165, 1.54) is 6.92 Å². The summed E-state index contributed by atoms with van der Waals surface area (Å²) in [6, 6.07) is 5.68. The van der Waals surface area contributed by atoms with Gasteiger partial charge in [0, 0.05) is 36.8 Å². The monoisotopic (exact) mass is 323 g/mol. The van der Waals surface area contributed by atoms with Crippen LogP contribution in [0.15, 0.2) is 18.2 Å². The summed E-state index contributed by atoms with van der Waals surface area (Å²) >= 11 is 5.95. The van der Waals surface area contributed by atoms with Crippen LogP contribution in [0.25, 0.3) is 0 Å². The Hall–Kier alpha value is -1.59. The van der Waals surface area contributed by atoms with E-state index in [-0.39, 0.29) is 17.9 Å². The predicted molar refractivity (Wildman–Crippen MR) is 88.1 cm³/mol. The van der Waals surface area contributed by atoms with Crippen LogP contribution in [-0.4, -0.2) is 42.4 Å². The fraction of sp³-hybridized carbons (Fsp3) is 0.500. The Balaban J connectivity index is 1.81. The number of piperidine rings is 1. The Morgan fingerprint density at radius 3 is 2.64 bits per heavy atom. The van der Waals surface area contributed by atoms with Gasteiger partial charge in [0.05, 0.1) is 6.54 Å². The number of amides is 2. The molecule has 0 bridgehead atoms. The number of halogens is 1. The molecule has 0 atom stereocenters. The van der Waals surface area contributed by atoms with Gasteiger partial charge in [-0.05, 0) is 37.5 Å². The lowest BCUT2D eigenvalue weighted by atomic mass is 10.1. The Morgan fingerprint density at radius 1 is 1.32 bits per heavy atom. The van der Waals surface area contributed by atoms with E-state index in [1.54, 1.807) is 12.1 Å². The molecule has 1 heterocycles. The van der Waals surface area contributed by atoms with Gasteiger partial charge in [0.1, 0.15) is 0 Å². The molecule has 1 saturated heterocycles. The molecule has 120 valence electrons. The molecule has 0 spiro atoms. The summed E-state index contributed by atoms with van der Waals surface area (Å²) in [5.41, 5.74) is 1.74. The van der Waals surface area contributed by atoms with Crippen molar-refractivity contribution in [3.8, 4) is 0 Å². The summed E-state index contributed by atoms with van der Waals surface area (Å²) in [6.45, 7) is 5.45. The van der Waals surface area contributed by atoms with Gasteiger partial charge in [-0.2, -0.15) is 0 Å². The maximum Gasteiger partial charge on any atom is 0.238 e. The lowest BCUT2D eigenvalue weighted by molar-refractivity contribution is -0.121. The molecule has 2 amide bonds. The molecule has 0 unspecified atom stereocenters. The van der Waals surface area contributed by atoms with Crippen molar-refractivity contribution in [1.82, 2.24) is 10.2 Å². The lowest BCUT2D eigenvalue weighted by Gasteiger charge is -2.31. The largest absolute Gasteiger partial charge is 0.354 e. The van der Waals surface area contributed by atoms with E-state index in [0.29, 0.717) is 11.6 Å². The van der Waals surface area contributed by atoms with Crippen molar-refractivity contribution in [3.05, 3.63) is 28.8 Å². The summed E-state index contributed by atoms with van der Waals surface area (Å²) in [5, 5.41) is 6.44. The van der Waals surface area contributed by atoms with Crippen LogP contribution in [0.1, 0.15) is 25.3 Å². The third-order valence-corrected chi connectivity index (χ3v) is 4.07. The molecule has 1 fully saturated rings. The minimum atomic E-state index is -0.0386. The molecular weight excluding hydrogens is 302 g/mol. The van der Waals surface area contributed by atoms with Crippen LogP contribution in [0.2, 0.25) is 5.02 Å². The van der Waals surface area contributed by atoms with E-state index in [2.05, 4.69) is 15.5 Å². The van der Waals surface area contributed by atoms with E-state index in [0.717, 1.165) is 37.2 Å². The molecule has 5 nitrogen and oxygen atoms in total. The average molecular weight is 324 g/mol. The Kier molecular flexibility index (Phi) is 5.80. The SMILES string of the molecule is CC(=O)NC1CCN(CC(=O)Nc2cc(Cl)ccc2C)CC1. The Morgan fingerprint density at radius 2 is 2.00 bits per heavy atom. The molecule has 1 aromatic rings. The van der Waals surface area contributed by atoms with Gasteiger partial charge < -0.3 is 10.6 Å². The highest BCUT2D eigenvalue weighted by atomic mass is 35.5. The van der Waals surface area contributed by atoms with Gasteiger partial charge in [-0.15, -0.1) is 0 Å². The first kappa shape index (κ1) is 16.8. The predicted octanol–water partition coefficient (Wildman–Crippen LogP) is 2.19. The normalized spacial score (nSPS) is 16.3. The highest BCUT2D eigenvalue weighted by Crippen LogP contribution is 2.20. The van der Waals surface area contributed by atoms with Crippen molar-refractivity contribution in [2.24, 2.45) is 0 Å². The first-order valence-electron chi connectivity index (χ1n) is 7.49. The number of anilines is 1. The summed E-state index contributed by atoms with van der Waals surface area (Å²) in [5.74, 6) is -0.0315. The smallest absolute Gasteiger partial charge is 0.238 e. The highest BCUT2D eigenvalue weighted by Gasteiger charge is 2.21. The molecule has 1 aromatic carbocycles. The molecule has 2 N–H and O–H groups in total. The molecule has 22 heavy (non-hydrogen) atoms. The molecule has 6 heteroatoms. The number of hydrogen-bond donors (Lipinski definition) is 2. The maximum absolute atomic E-state index is 12.1. The third kappa shape index (κ3) is 5.00. The summed E-state index contributed by atoms with van der Waals surface area (Å²) in [4.78, 5) is 25.3. The van der Waals surface area contributed by atoms with E-state index in [1.807, 2.05) is 13.0 Å². The first-order chi connectivity index (χ1) is 10.4. The van der Waals surface area contributed by atoms with Gasteiger partial charge in [-0.3, -0.25) is 14.5 Å². The van der Waals surface area contributed by atoms with E-state index < -0.39 is 0 Å². The zero-order valence-corrected chi connectivity index (χ0v) is 13.7.